The van der Waals surface area contributed by atoms with Crippen LogP contribution < -0.4 is 4.72 Å². The summed E-state index contributed by atoms with van der Waals surface area (Å²) in [5.74, 6) is 0. The first-order valence-corrected chi connectivity index (χ1v) is 7.93. The molecule has 1 aliphatic rings. The van der Waals surface area contributed by atoms with E-state index in [0.29, 0.717) is 0 Å². The first-order chi connectivity index (χ1) is 8.43. The van der Waals surface area contributed by atoms with Crippen LogP contribution in [0.5, 0.6) is 0 Å². The van der Waals surface area contributed by atoms with Crippen molar-refractivity contribution in [2.24, 2.45) is 0 Å². The zero-order chi connectivity index (χ0) is 11.5. The van der Waals surface area contributed by atoms with Gasteiger partial charge in [-0.1, -0.05) is 25.3 Å². The Hall–Kier alpha value is -0.740. The number of nitrogens with zero attached hydrogens (tertiary/aromatic N) is 1. The number of hydrogen-bond donors (Lipinski definition) is 1. The van der Waals surface area contributed by atoms with Gasteiger partial charge in [-0.05, 0) is 36.9 Å². The molecule has 3 rings (SSSR count). The molecule has 0 bridgehead atoms. The number of hydrogen-bond acceptors (Lipinski definition) is 4. The summed E-state index contributed by atoms with van der Waals surface area (Å²) in [5, 5.41) is 0.776. The number of aromatic nitrogens is 1. The van der Waals surface area contributed by atoms with Crippen molar-refractivity contribution in [3.63, 3.8) is 0 Å². The quantitative estimate of drug-likeness (QED) is 0.814. The van der Waals surface area contributed by atoms with E-state index in [1.54, 1.807) is 11.3 Å². The van der Waals surface area contributed by atoms with Gasteiger partial charge in [-0.25, -0.2) is 4.98 Å². The highest BCUT2D eigenvalue weighted by Gasteiger charge is 2.14. The van der Waals surface area contributed by atoms with E-state index >= 15 is 0 Å². The first kappa shape index (κ1) is 11.4. The molecule has 1 fully saturated rings. The van der Waals surface area contributed by atoms with Gasteiger partial charge >= 0.3 is 0 Å². The Morgan fingerprint density at radius 1 is 1.24 bits per heavy atom. The van der Waals surface area contributed by atoms with E-state index in [-0.39, 0.29) is 0 Å². The summed E-state index contributed by atoms with van der Waals surface area (Å²) in [7, 11) is 0. The predicted octanol–water partition coefficient (Wildman–Crippen LogP) is 4.69. The van der Waals surface area contributed by atoms with Crippen LogP contribution >= 0.6 is 23.3 Å². The molecule has 0 radical (unpaired) electrons. The molecule has 0 spiro atoms. The van der Waals surface area contributed by atoms with Gasteiger partial charge in [0.05, 0.1) is 15.9 Å². The average molecular weight is 264 g/mol. The van der Waals surface area contributed by atoms with Gasteiger partial charge in [-0.2, -0.15) is 0 Å². The molecule has 0 unspecified atom stereocenters. The first-order valence-electron chi connectivity index (χ1n) is 6.17. The maximum atomic E-state index is 4.43. The van der Waals surface area contributed by atoms with Crippen LogP contribution in [0.25, 0.3) is 10.2 Å². The van der Waals surface area contributed by atoms with Gasteiger partial charge in [-0.3, -0.25) is 0 Å². The molecule has 2 nitrogen and oxygen atoms in total. The van der Waals surface area contributed by atoms with Gasteiger partial charge in [0.25, 0.3) is 0 Å². The third-order valence-corrected chi connectivity index (χ3v) is 5.18. The number of fused-ring (bicyclic) bond motifs is 1. The monoisotopic (exact) mass is 264 g/mol. The van der Waals surface area contributed by atoms with Crippen LogP contribution in [0.15, 0.2) is 23.7 Å². The maximum Gasteiger partial charge on any atom is 0.105 e. The molecule has 1 N–H and O–H groups in total. The molecule has 2 aromatic rings. The van der Waals surface area contributed by atoms with Crippen molar-refractivity contribution in [1.29, 1.82) is 0 Å². The number of nitrogens with one attached hydrogen (secondary N) is 1. The van der Waals surface area contributed by atoms with Gasteiger partial charge in [0, 0.05) is 5.25 Å². The summed E-state index contributed by atoms with van der Waals surface area (Å²) < 4.78 is 4.77. The fraction of sp³-hybridized carbons (Fsp3) is 0.462. The molecule has 1 aromatic carbocycles. The molecule has 4 heteroatoms. The topological polar surface area (TPSA) is 24.9 Å². The summed E-state index contributed by atoms with van der Waals surface area (Å²) in [6, 6.07) is 6.35. The summed E-state index contributed by atoms with van der Waals surface area (Å²) >= 11 is 3.59. The number of anilines is 1. The van der Waals surface area contributed by atoms with Crippen molar-refractivity contribution in [3.8, 4) is 0 Å². The van der Waals surface area contributed by atoms with Crippen LogP contribution in [0.4, 0.5) is 5.69 Å². The highest BCUT2D eigenvalue weighted by atomic mass is 32.2. The van der Waals surface area contributed by atoms with Gasteiger partial charge in [-0.15, -0.1) is 11.3 Å². The third kappa shape index (κ3) is 2.58. The zero-order valence-corrected chi connectivity index (χ0v) is 11.3. The summed E-state index contributed by atoms with van der Waals surface area (Å²) in [4.78, 5) is 4.43. The Morgan fingerprint density at radius 2 is 2.12 bits per heavy atom. The fourth-order valence-corrected chi connectivity index (χ4v) is 4.03. The minimum atomic E-state index is 0.776. The lowest BCUT2D eigenvalue weighted by Crippen LogP contribution is -2.10. The van der Waals surface area contributed by atoms with E-state index in [0.717, 1.165) is 10.8 Å². The lowest BCUT2D eigenvalue weighted by atomic mass is 10.0. The van der Waals surface area contributed by atoms with Crippen molar-refractivity contribution in [1.82, 2.24) is 4.98 Å². The van der Waals surface area contributed by atoms with Crippen LogP contribution in [0.1, 0.15) is 32.1 Å². The standard InChI is InChI=1S/C13H16N2S2/c1-2-5-10(6-3-1)17-15-11-7-4-8-12-13(11)14-9-16-12/h4,7-10,15H,1-3,5-6H2. The van der Waals surface area contributed by atoms with Crippen LogP contribution in [0.2, 0.25) is 0 Å². The van der Waals surface area contributed by atoms with Crippen LogP contribution in [0.3, 0.4) is 0 Å². The molecule has 0 amide bonds. The molecule has 0 atom stereocenters. The summed E-state index contributed by atoms with van der Waals surface area (Å²) in [6.07, 6.45) is 6.90. The van der Waals surface area contributed by atoms with Crippen molar-refractivity contribution in [2.75, 3.05) is 4.72 Å². The van der Waals surface area contributed by atoms with E-state index in [1.807, 2.05) is 17.5 Å². The lowest BCUT2D eigenvalue weighted by Gasteiger charge is -2.21. The van der Waals surface area contributed by atoms with Crippen molar-refractivity contribution in [3.05, 3.63) is 23.7 Å². The average Bonchev–Trinajstić information content (AvgIpc) is 2.86. The second-order valence-corrected chi connectivity index (χ2v) is 6.48. The third-order valence-electron chi connectivity index (χ3n) is 3.25. The Labute approximate surface area is 110 Å². The van der Waals surface area contributed by atoms with E-state index in [1.165, 1.54) is 42.5 Å². The summed E-state index contributed by atoms with van der Waals surface area (Å²) in [5.41, 5.74) is 4.20. The second kappa shape index (κ2) is 5.27. The molecule has 1 aromatic heterocycles. The molecule has 17 heavy (non-hydrogen) atoms. The van der Waals surface area contributed by atoms with Gasteiger partial charge < -0.3 is 4.72 Å². The largest absolute Gasteiger partial charge is 0.328 e. The van der Waals surface area contributed by atoms with E-state index < -0.39 is 0 Å². The highest BCUT2D eigenvalue weighted by molar-refractivity contribution is 8.01. The number of thiazole rings is 1. The van der Waals surface area contributed by atoms with Crippen LogP contribution in [-0.2, 0) is 0 Å². The normalized spacial score (nSPS) is 17.4. The minimum Gasteiger partial charge on any atom is -0.328 e. The SMILES string of the molecule is c1cc(NSC2CCCCC2)c2ncsc2c1. The smallest absolute Gasteiger partial charge is 0.105 e. The lowest BCUT2D eigenvalue weighted by molar-refractivity contribution is 0.516. The second-order valence-electron chi connectivity index (χ2n) is 4.48. The number of rotatable bonds is 3. The van der Waals surface area contributed by atoms with Crippen molar-refractivity contribution >= 4 is 39.2 Å². The fourth-order valence-electron chi connectivity index (χ4n) is 2.30. The molecular weight excluding hydrogens is 248 g/mol. The molecule has 1 aliphatic carbocycles. The van der Waals surface area contributed by atoms with Gasteiger partial charge in [0.1, 0.15) is 5.52 Å². The molecular formula is C13H16N2S2. The van der Waals surface area contributed by atoms with E-state index in [4.69, 9.17) is 0 Å². The Balaban J connectivity index is 1.69. The van der Waals surface area contributed by atoms with Gasteiger partial charge in [0.2, 0.25) is 0 Å². The number of para-hydroxylation sites is 1. The molecule has 0 aliphatic heterocycles. The zero-order valence-electron chi connectivity index (χ0n) is 9.69. The molecule has 1 heterocycles. The van der Waals surface area contributed by atoms with E-state index in [9.17, 15) is 0 Å². The predicted molar refractivity (Wildman–Crippen MR) is 77.7 cm³/mol. The number of benzene rings is 1. The highest BCUT2D eigenvalue weighted by Crippen LogP contribution is 2.32. The van der Waals surface area contributed by atoms with Crippen LogP contribution in [-0.4, -0.2) is 10.2 Å². The molecule has 1 saturated carbocycles. The van der Waals surface area contributed by atoms with Crippen molar-refractivity contribution < 1.29 is 0 Å². The Bertz CT molecular complexity index is 489. The minimum absolute atomic E-state index is 0.776. The van der Waals surface area contributed by atoms with Gasteiger partial charge in [0.15, 0.2) is 0 Å². The van der Waals surface area contributed by atoms with E-state index in [2.05, 4.69) is 27.9 Å². The maximum absolute atomic E-state index is 4.43. The molecule has 90 valence electrons. The Morgan fingerprint density at radius 3 is 3.00 bits per heavy atom. The Kier molecular flexibility index (Phi) is 3.52. The van der Waals surface area contributed by atoms with Crippen molar-refractivity contribution in [2.45, 2.75) is 37.4 Å². The van der Waals surface area contributed by atoms with Crippen LogP contribution in [0, 0.1) is 0 Å². The molecule has 0 saturated heterocycles. The summed E-state index contributed by atoms with van der Waals surface area (Å²) in [6.45, 7) is 0.